The first-order valence-corrected chi connectivity index (χ1v) is 8.16. The van der Waals surface area contributed by atoms with Crippen molar-refractivity contribution in [2.24, 2.45) is 0 Å². The Morgan fingerprint density at radius 3 is 2.48 bits per heavy atom. The van der Waals surface area contributed by atoms with E-state index in [2.05, 4.69) is 10.2 Å². The van der Waals surface area contributed by atoms with Gasteiger partial charge in [0.1, 0.15) is 5.82 Å². The Morgan fingerprint density at radius 1 is 1.19 bits per heavy atom. The van der Waals surface area contributed by atoms with Crippen LogP contribution in [0.2, 0.25) is 5.02 Å². The number of nitrogens with one attached hydrogen (secondary N) is 2. The largest absolute Gasteiger partial charge is 0.452 e. The quantitative estimate of drug-likeness (QED) is 0.442. The topological polar surface area (TPSA) is 67.4 Å². The van der Waals surface area contributed by atoms with Crippen LogP contribution in [-0.2, 0) is 20.9 Å². The lowest BCUT2D eigenvalue weighted by molar-refractivity contribution is -0.162. The first-order chi connectivity index (χ1) is 12.7. The van der Waals surface area contributed by atoms with Gasteiger partial charge in [0.15, 0.2) is 6.61 Å². The summed E-state index contributed by atoms with van der Waals surface area (Å²) in [4.78, 5) is 22.7. The molecule has 2 aromatic rings. The third kappa shape index (κ3) is 6.26. The van der Waals surface area contributed by atoms with Crippen LogP contribution in [0.25, 0.3) is 11.1 Å². The molecule has 0 aliphatic rings. The maximum Gasteiger partial charge on any atom is 0.398 e. The molecule has 5 nitrogen and oxygen atoms in total. The maximum absolute atomic E-state index is 14.3. The lowest BCUT2D eigenvalue weighted by atomic mass is 10.0. The molecule has 2 N–H and O–H groups in total. The van der Waals surface area contributed by atoms with Crippen LogP contribution < -0.4 is 10.9 Å². The third-order valence-corrected chi connectivity index (χ3v) is 3.70. The van der Waals surface area contributed by atoms with Crippen molar-refractivity contribution in [3.05, 3.63) is 58.9 Å². The zero-order chi connectivity index (χ0) is 20.0. The summed E-state index contributed by atoms with van der Waals surface area (Å²) in [6, 6.07) is 11.4. The number of hydrogen-bond acceptors (Lipinski definition) is 4. The molecule has 9 heteroatoms. The predicted octanol–water partition coefficient (Wildman–Crippen LogP) is 3.47. The van der Waals surface area contributed by atoms with Gasteiger partial charge in [-0.1, -0.05) is 41.9 Å². The minimum Gasteiger partial charge on any atom is -0.452 e. The molecule has 0 spiro atoms. The molecule has 2 aromatic carbocycles. The predicted molar refractivity (Wildman–Crippen MR) is 93.4 cm³/mol. The van der Waals surface area contributed by atoms with Crippen LogP contribution in [0.4, 0.5) is 13.2 Å². The molecule has 0 aromatic heterocycles. The van der Waals surface area contributed by atoms with E-state index in [1.54, 1.807) is 30.3 Å². The van der Waals surface area contributed by atoms with Crippen molar-refractivity contribution < 1.29 is 27.5 Å². The smallest absolute Gasteiger partial charge is 0.398 e. The Hall–Kier alpha value is -2.58. The fourth-order valence-corrected chi connectivity index (χ4v) is 2.32. The summed E-state index contributed by atoms with van der Waals surface area (Å²) in [6.45, 7) is -0.767. The molecule has 144 valence electrons. The van der Waals surface area contributed by atoms with Crippen molar-refractivity contribution in [2.75, 3.05) is 6.61 Å². The van der Waals surface area contributed by atoms with Gasteiger partial charge in [0, 0.05) is 24.1 Å². The van der Waals surface area contributed by atoms with E-state index in [1.807, 2.05) is 5.43 Å². The van der Waals surface area contributed by atoms with Gasteiger partial charge in [0.05, 0.1) is 0 Å². The summed E-state index contributed by atoms with van der Waals surface area (Å²) in [5.74, 6) is -6.50. The number of hydrazine groups is 1. The number of carbonyl (C=O) groups excluding carboxylic acids is 2. The average Bonchev–Trinajstić information content (AvgIpc) is 2.62. The number of rotatable bonds is 6. The molecular formula is C18H16ClF3N2O3. The second-order valence-corrected chi connectivity index (χ2v) is 6.15. The van der Waals surface area contributed by atoms with Gasteiger partial charge in [-0.15, -0.1) is 0 Å². The number of amides is 1. The van der Waals surface area contributed by atoms with Crippen LogP contribution in [0.5, 0.6) is 0 Å². The second-order valence-electron chi connectivity index (χ2n) is 5.74. The van der Waals surface area contributed by atoms with Gasteiger partial charge in [-0.25, -0.2) is 23.4 Å². The molecule has 0 fully saturated rings. The normalized spacial score (nSPS) is 11.1. The van der Waals surface area contributed by atoms with E-state index in [9.17, 15) is 22.8 Å². The van der Waals surface area contributed by atoms with Crippen molar-refractivity contribution >= 4 is 23.5 Å². The monoisotopic (exact) mass is 400 g/mol. The second kappa shape index (κ2) is 8.88. The molecule has 0 atom stereocenters. The third-order valence-electron chi connectivity index (χ3n) is 3.34. The van der Waals surface area contributed by atoms with E-state index in [1.165, 1.54) is 12.1 Å². The van der Waals surface area contributed by atoms with Gasteiger partial charge >= 0.3 is 11.9 Å². The molecule has 0 radical (unpaired) electrons. The van der Waals surface area contributed by atoms with Crippen LogP contribution in [-0.4, -0.2) is 24.4 Å². The van der Waals surface area contributed by atoms with E-state index in [0.717, 1.165) is 0 Å². The van der Waals surface area contributed by atoms with Crippen LogP contribution in [0, 0.1) is 5.82 Å². The summed E-state index contributed by atoms with van der Waals surface area (Å²) in [6.07, 6.45) is 0. The van der Waals surface area contributed by atoms with Crippen LogP contribution >= 0.6 is 11.6 Å². The van der Waals surface area contributed by atoms with Crippen LogP contribution in [0.3, 0.4) is 0 Å². The molecule has 0 aliphatic carbocycles. The van der Waals surface area contributed by atoms with E-state index in [-0.39, 0.29) is 11.6 Å². The summed E-state index contributed by atoms with van der Waals surface area (Å²) < 4.78 is 43.6. The van der Waals surface area contributed by atoms with E-state index >= 15 is 0 Å². The van der Waals surface area contributed by atoms with Crippen LogP contribution in [0.1, 0.15) is 12.5 Å². The molecule has 0 saturated carbocycles. The lowest BCUT2D eigenvalue weighted by Gasteiger charge is -2.12. The van der Waals surface area contributed by atoms with Crippen molar-refractivity contribution in [3.63, 3.8) is 0 Å². The number of alkyl halides is 2. The molecule has 0 aliphatic heterocycles. The molecule has 0 saturated heterocycles. The number of ether oxygens (including phenoxy) is 1. The molecule has 27 heavy (non-hydrogen) atoms. The van der Waals surface area contributed by atoms with Gasteiger partial charge in [-0.2, -0.15) is 0 Å². The highest BCUT2D eigenvalue weighted by atomic mass is 35.5. The lowest BCUT2D eigenvalue weighted by Crippen LogP contribution is -2.42. The average molecular weight is 401 g/mol. The Bertz CT molecular complexity index is 827. The van der Waals surface area contributed by atoms with Gasteiger partial charge < -0.3 is 4.74 Å². The molecule has 0 heterocycles. The fourth-order valence-electron chi connectivity index (χ4n) is 2.09. The molecule has 0 unspecified atom stereocenters. The Labute approximate surface area is 158 Å². The summed E-state index contributed by atoms with van der Waals surface area (Å²) in [5, 5.41) is 0.241. The van der Waals surface area contributed by atoms with Gasteiger partial charge in [-0.3, -0.25) is 10.2 Å². The van der Waals surface area contributed by atoms with Gasteiger partial charge in [-0.05, 0) is 23.3 Å². The molecular weight excluding hydrogens is 385 g/mol. The summed E-state index contributed by atoms with van der Waals surface area (Å²) in [5.41, 5.74) is 5.63. The number of esters is 1. The number of halogens is 4. The summed E-state index contributed by atoms with van der Waals surface area (Å²) in [7, 11) is 0. The van der Waals surface area contributed by atoms with E-state index in [4.69, 9.17) is 11.6 Å². The first kappa shape index (κ1) is 20.7. The van der Waals surface area contributed by atoms with E-state index in [0.29, 0.717) is 23.6 Å². The number of carbonyl (C=O) groups is 2. The van der Waals surface area contributed by atoms with Crippen molar-refractivity contribution in [1.29, 1.82) is 0 Å². The highest BCUT2D eigenvalue weighted by Crippen LogP contribution is 2.28. The molecule has 1 amide bonds. The Morgan fingerprint density at radius 2 is 1.85 bits per heavy atom. The highest BCUT2D eigenvalue weighted by molar-refractivity contribution is 6.32. The SMILES string of the molecule is CC(F)(F)COC(=O)C(=O)NNCc1cc(F)c(-c2ccccc2)cc1Cl. The zero-order valence-corrected chi connectivity index (χ0v) is 14.9. The Balaban J connectivity index is 1.94. The van der Waals surface area contributed by atoms with Gasteiger partial charge in [0.2, 0.25) is 0 Å². The van der Waals surface area contributed by atoms with E-state index < -0.39 is 30.2 Å². The molecule has 0 bridgehead atoms. The number of benzene rings is 2. The Kier molecular flexibility index (Phi) is 6.81. The highest BCUT2D eigenvalue weighted by Gasteiger charge is 2.26. The first-order valence-electron chi connectivity index (χ1n) is 7.78. The van der Waals surface area contributed by atoms with Crippen molar-refractivity contribution in [1.82, 2.24) is 10.9 Å². The van der Waals surface area contributed by atoms with Gasteiger partial charge in [0.25, 0.3) is 5.92 Å². The van der Waals surface area contributed by atoms with Crippen molar-refractivity contribution in [3.8, 4) is 11.1 Å². The minimum atomic E-state index is -3.24. The van der Waals surface area contributed by atoms with Crippen LogP contribution in [0.15, 0.2) is 42.5 Å². The summed E-state index contributed by atoms with van der Waals surface area (Å²) >= 11 is 6.13. The zero-order valence-electron chi connectivity index (χ0n) is 14.2. The maximum atomic E-state index is 14.3. The number of hydrogen-bond donors (Lipinski definition) is 2. The van der Waals surface area contributed by atoms with Crippen molar-refractivity contribution in [2.45, 2.75) is 19.4 Å². The minimum absolute atomic E-state index is 0.103. The fraction of sp³-hybridized carbons (Fsp3) is 0.222. The standard InChI is InChI=1S/C18H16ClF3N2O3/c1-18(21,22)10-27-17(26)16(25)24-23-9-12-7-15(20)13(8-14(12)19)11-5-3-2-4-6-11/h2-8,23H,9-10H2,1H3,(H,24,25). The molecule has 2 rings (SSSR count).